The molecule has 9 nitrogen and oxygen atoms in total. The van der Waals surface area contributed by atoms with Crippen LogP contribution in [0.3, 0.4) is 0 Å². The molecule has 0 unspecified atom stereocenters. The maximum Gasteiger partial charge on any atom is 0.243 e. The van der Waals surface area contributed by atoms with Gasteiger partial charge in [-0.2, -0.15) is 4.31 Å². The molecule has 33 heavy (non-hydrogen) atoms. The molecule has 178 valence electrons. The second-order valence-corrected chi connectivity index (χ2v) is 11.5. The molecule has 0 radical (unpaired) electrons. The van der Waals surface area contributed by atoms with Crippen molar-refractivity contribution in [2.24, 2.45) is 0 Å². The fourth-order valence-electron chi connectivity index (χ4n) is 3.99. The molecule has 1 saturated heterocycles. The van der Waals surface area contributed by atoms with Gasteiger partial charge in [0.05, 0.1) is 15.9 Å². The molecule has 1 aliphatic heterocycles. The van der Waals surface area contributed by atoms with E-state index in [1.54, 1.807) is 16.4 Å². The Labute approximate surface area is 198 Å². The maximum absolute atomic E-state index is 13.0. The van der Waals surface area contributed by atoms with Crippen molar-refractivity contribution in [3.05, 3.63) is 29.0 Å². The quantitative estimate of drug-likeness (QED) is 0.489. The predicted octanol–water partition coefficient (Wildman–Crippen LogP) is 3.78. The van der Waals surface area contributed by atoms with Gasteiger partial charge in [0.15, 0.2) is 0 Å². The Bertz CT molecular complexity index is 1240. The van der Waals surface area contributed by atoms with E-state index in [1.807, 2.05) is 19.9 Å². The Morgan fingerprint density at radius 1 is 1.21 bits per heavy atom. The molecule has 1 fully saturated rings. The van der Waals surface area contributed by atoms with E-state index in [4.69, 9.17) is 4.98 Å². The van der Waals surface area contributed by atoms with Crippen molar-refractivity contribution in [2.75, 3.05) is 18.4 Å². The van der Waals surface area contributed by atoms with Gasteiger partial charge in [0, 0.05) is 38.4 Å². The zero-order valence-electron chi connectivity index (χ0n) is 19.2. The number of sulfonamides is 1. The molecule has 11 heteroatoms. The molecular formula is C22H30N6O3S2. The first-order chi connectivity index (χ1) is 15.8. The van der Waals surface area contributed by atoms with Crippen LogP contribution in [0, 0.1) is 0 Å². The highest BCUT2D eigenvalue weighted by atomic mass is 32.2. The molecule has 0 aliphatic carbocycles. The number of hydrogen-bond donors (Lipinski definition) is 1. The number of hydrogen-bond acceptors (Lipinski definition) is 7. The smallest absolute Gasteiger partial charge is 0.243 e. The van der Waals surface area contributed by atoms with Gasteiger partial charge >= 0.3 is 0 Å². The van der Waals surface area contributed by atoms with Gasteiger partial charge in [-0.1, -0.05) is 32.1 Å². The van der Waals surface area contributed by atoms with Crippen LogP contribution in [-0.4, -0.2) is 51.5 Å². The van der Waals surface area contributed by atoms with Crippen LogP contribution in [-0.2, 0) is 27.8 Å². The van der Waals surface area contributed by atoms with Crippen LogP contribution in [0.25, 0.3) is 11.0 Å². The number of imidazole rings is 1. The summed E-state index contributed by atoms with van der Waals surface area (Å²) in [6.45, 7) is 8.03. The van der Waals surface area contributed by atoms with E-state index >= 15 is 0 Å². The van der Waals surface area contributed by atoms with Gasteiger partial charge in [0.1, 0.15) is 10.8 Å². The summed E-state index contributed by atoms with van der Waals surface area (Å²) in [5.74, 6) is 0.896. The number of carbonyl (C=O) groups excluding carboxylic acids is 1. The third kappa shape index (κ3) is 5.10. The van der Waals surface area contributed by atoms with Crippen LogP contribution in [0.2, 0.25) is 0 Å². The van der Waals surface area contributed by atoms with Crippen LogP contribution in [0.5, 0.6) is 0 Å². The molecule has 2 aromatic heterocycles. The van der Waals surface area contributed by atoms with Crippen molar-refractivity contribution in [2.45, 2.75) is 70.2 Å². The summed E-state index contributed by atoms with van der Waals surface area (Å²) in [6.07, 6.45) is 3.40. The topological polar surface area (TPSA) is 110 Å². The van der Waals surface area contributed by atoms with E-state index in [9.17, 15) is 13.2 Å². The molecule has 0 atom stereocenters. The van der Waals surface area contributed by atoms with E-state index in [-0.39, 0.29) is 23.1 Å². The van der Waals surface area contributed by atoms with E-state index in [0.29, 0.717) is 30.2 Å². The highest BCUT2D eigenvalue weighted by molar-refractivity contribution is 7.89. The number of amides is 1. The number of nitrogens with one attached hydrogen (secondary N) is 1. The van der Waals surface area contributed by atoms with E-state index in [1.165, 1.54) is 11.3 Å². The third-order valence-electron chi connectivity index (χ3n) is 5.71. The summed E-state index contributed by atoms with van der Waals surface area (Å²) in [6, 6.07) is 5.16. The second-order valence-electron chi connectivity index (χ2n) is 8.59. The van der Waals surface area contributed by atoms with E-state index < -0.39 is 10.0 Å². The molecule has 1 amide bonds. The van der Waals surface area contributed by atoms with Gasteiger partial charge in [-0.05, 0) is 37.5 Å². The molecule has 4 rings (SSSR count). The Kier molecular flexibility index (Phi) is 7.10. The lowest BCUT2D eigenvalue weighted by Gasteiger charge is -2.15. The van der Waals surface area contributed by atoms with Gasteiger partial charge in [-0.3, -0.25) is 4.79 Å². The van der Waals surface area contributed by atoms with Crippen LogP contribution in [0.1, 0.15) is 63.2 Å². The molecule has 0 bridgehead atoms. The van der Waals surface area contributed by atoms with Gasteiger partial charge < -0.3 is 9.88 Å². The van der Waals surface area contributed by atoms with Crippen LogP contribution in [0.15, 0.2) is 23.1 Å². The largest absolute Gasteiger partial charge is 0.328 e. The first-order valence-electron chi connectivity index (χ1n) is 11.4. The number of anilines is 1. The molecule has 0 spiro atoms. The summed E-state index contributed by atoms with van der Waals surface area (Å²) in [5, 5.41) is 12.3. The Morgan fingerprint density at radius 3 is 2.64 bits per heavy atom. The second kappa shape index (κ2) is 9.86. The minimum absolute atomic E-state index is 0.145. The molecular weight excluding hydrogens is 460 g/mol. The number of benzene rings is 1. The monoisotopic (exact) mass is 490 g/mol. The number of carbonyl (C=O) groups is 1. The Morgan fingerprint density at radius 2 is 1.97 bits per heavy atom. The first-order valence-corrected chi connectivity index (χ1v) is 13.7. The zero-order valence-corrected chi connectivity index (χ0v) is 20.9. The lowest BCUT2D eigenvalue weighted by atomic mass is 10.2. The number of aryl methyl sites for hydroxylation is 2. The summed E-state index contributed by atoms with van der Waals surface area (Å²) < 4.78 is 29.5. The van der Waals surface area contributed by atoms with Crippen molar-refractivity contribution in [3.63, 3.8) is 0 Å². The summed E-state index contributed by atoms with van der Waals surface area (Å²) >= 11 is 1.38. The lowest BCUT2D eigenvalue weighted by Crippen LogP contribution is -2.27. The van der Waals surface area contributed by atoms with Crippen molar-refractivity contribution < 1.29 is 13.2 Å². The van der Waals surface area contributed by atoms with Crippen LogP contribution < -0.4 is 5.32 Å². The maximum atomic E-state index is 13.0. The van der Waals surface area contributed by atoms with Gasteiger partial charge in [-0.15, -0.1) is 10.2 Å². The number of rotatable bonds is 9. The molecule has 1 aliphatic rings. The standard InChI is InChI=1S/C22H30N6O3S2/c1-4-11-28-18-8-7-16(33(30,31)27-12-5-6-13-27)14-17(18)23-19(28)9-10-20(29)24-22-26-25-21(32-22)15(2)3/h7-8,14-15H,4-6,9-13H2,1-3H3,(H,24,26,29). The van der Waals surface area contributed by atoms with Gasteiger partial charge in [0.2, 0.25) is 21.1 Å². The molecule has 0 saturated carbocycles. The van der Waals surface area contributed by atoms with Crippen LogP contribution in [0.4, 0.5) is 5.13 Å². The predicted molar refractivity (Wildman–Crippen MR) is 129 cm³/mol. The van der Waals surface area contributed by atoms with Crippen molar-refractivity contribution in [3.8, 4) is 0 Å². The zero-order chi connectivity index (χ0) is 23.6. The van der Waals surface area contributed by atoms with Crippen molar-refractivity contribution in [1.82, 2.24) is 24.1 Å². The molecule has 3 heterocycles. The minimum atomic E-state index is -3.50. The van der Waals surface area contributed by atoms with E-state index in [0.717, 1.165) is 42.2 Å². The molecule has 1 N–H and O–H groups in total. The fourth-order valence-corrected chi connectivity index (χ4v) is 6.29. The summed E-state index contributed by atoms with van der Waals surface area (Å²) in [7, 11) is -3.50. The number of fused-ring (bicyclic) bond motifs is 1. The number of aromatic nitrogens is 4. The molecule has 1 aromatic carbocycles. The summed E-state index contributed by atoms with van der Waals surface area (Å²) in [5.41, 5.74) is 1.53. The fraction of sp³-hybridized carbons (Fsp3) is 0.545. The Hall–Kier alpha value is -2.37. The average molecular weight is 491 g/mol. The minimum Gasteiger partial charge on any atom is -0.328 e. The highest BCUT2D eigenvalue weighted by Gasteiger charge is 2.28. The number of nitrogens with zero attached hydrogens (tertiary/aromatic N) is 5. The normalized spacial score (nSPS) is 15.0. The average Bonchev–Trinajstić information content (AvgIpc) is 3.53. The first kappa shape index (κ1) is 23.8. The summed E-state index contributed by atoms with van der Waals surface area (Å²) in [4.78, 5) is 17.5. The Balaban J connectivity index is 1.52. The SMILES string of the molecule is CCCn1c(CCC(=O)Nc2nnc(C(C)C)s2)nc2cc(S(=O)(=O)N3CCCC3)ccc21. The van der Waals surface area contributed by atoms with Crippen molar-refractivity contribution >= 4 is 43.4 Å². The van der Waals surface area contributed by atoms with Gasteiger partial charge in [0.25, 0.3) is 0 Å². The third-order valence-corrected chi connectivity index (χ3v) is 8.74. The molecule has 3 aromatic rings. The van der Waals surface area contributed by atoms with Crippen molar-refractivity contribution in [1.29, 1.82) is 0 Å². The van der Waals surface area contributed by atoms with E-state index in [2.05, 4.69) is 27.0 Å². The highest BCUT2D eigenvalue weighted by Crippen LogP contribution is 2.26. The lowest BCUT2D eigenvalue weighted by molar-refractivity contribution is -0.116. The van der Waals surface area contributed by atoms with Gasteiger partial charge in [-0.25, -0.2) is 13.4 Å². The van der Waals surface area contributed by atoms with Crippen LogP contribution >= 0.6 is 11.3 Å².